The number of benzene rings is 1. The zero-order valence-electron chi connectivity index (χ0n) is 14.6. The van der Waals surface area contributed by atoms with E-state index < -0.39 is 11.4 Å². The summed E-state index contributed by atoms with van der Waals surface area (Å²) in [6, 6.07) is 3.06. The van der Waals surface area contributed by atoms with Crippen molar-refractivity contribution in [2.45, 2.75) is 39.3 Å². The Morgan fingerprint density at radius 1 is 1.27 bits per heavy atom. The van der Waals surface area contributed by atoms with Gasteiger partial charge < -0.3 is 19.6 Å². The second-order valence-corrected chi connectivity index (χ2v) is 8.08. The Bertz CT molecular complexity index is 1120. The van der Waals surface area contributed by atoms with Crippen molar-refractivity contribution in [2.75, 3.05) is 0 Å². The van der Waals surface area contributed by atoms with E-state index in [0.29, 0.717) is 27.4 Å². The lowest BCUT2D eigenvalue weighted by Gasteiger charge is -2.21. The van der Waals surface area contributed by atoms with Crippen LogP contribution in [0.4, 0.5) is 4.39 Å². The molecule has 0 aliphatic carbocycles. The number of aliphatic hydroxyl groups is 1. The van der Waals surface area contributed by atoms with Gasteiger partial charge in [-0.1, -0.05) is 23.8 Å². The molecular weight excluding hydrogens is 395 g/mol. The largest absolute Gasteiger partial charge is 0.383 e. The Balaban J connectivity index is 2.41. The number of aromatic nitrogens is 4. The quantitative estimate of drug-likeness (QED) is 0.502. The van der Waals surface area contributed by atoms with Gasteiger partial charge in [-0.25, -0.2) is 9.37 Å². The van der Waals surface area contributed by atoms with Crippen molar-refractivity contribution in [2.24, 2.45) is 0 Å². The highest BCUT2D eigenvalue weighted by Gasteiger charge is 2.27. The van der Waals surface area contributed by atoms with E-state index in [0.717, 1.165) is 0 Å². The molecule has 2 aromatic heterocycles. The summed E-state index contributed by atoms with van der Waals surface area (Å²) in [7, 11) is 0. The zero-order chi connectivity index (χ0) is 19.4. The van der Waals surface area contributed by atoms with Crippen LogP contribution in [0.2, 0.25) is 5.02 Å². The number of hydrogen-bond acceptors (Lipinski definition) is 4. The van der Waals surface area contributed by atoms with Gasteiger partial charge in [0.1, 0.15) is 21.6 Å². The molecule has 0 radical (unpaired) electrons. The number of rotatable bonds is 3. The zero-order valence-corrected chi connectivity index (χ0v) is 17.0. The summed E-state index contributed by atoms with van der Waals surface area (Å²) >= 11 is 16.6. The second kappa shape index (κ2) is 6.53. The average molecular weight is 413 g/mol. The van der Waals surface area contributed by atoms with E-state index in [9.17, 15) is 9.50 Å². The number of nitrogens with zero attached hydrogens (tertiary/aromatic N) is 2. The van der Waals surface area contributed by atoms with Crippen molar-refractivity contribution in [3.63, 3.8) is 0 Å². The number of H-pyrrole nitrogens is 2. The monoisotopic (exact) mass is 412 g/mol. The summed E-state index contributed by atoms with van der Waals surface area (Å²) in [6.45, 7) is 7.13. The molecule has 0 fully saturated rings. The first-order valence-corrected chi connectivity index (χ1v) is 9.17. The molecule has 1 aromatic carbocycles. The third kappa shape index (κ3) is 3.22. The normalized spacial score (nSPS) is 12.3. The molecule has 5 nitrogen and oxygen atoms in total. The number of halogens is 2. The fourth-order valence-corrected chi connectivity index (χ4v) is 3.60. The lowest BCUT2D eigenvalue weighted by Crippen LogP contribution is -2.23. The molecule has 0 aliphatic heterocycles. The van der Waals surface area contributed by atoms with E-state index in [1.807, 2.05) is 18.4 Å². The number of hydrogen-bond donors (Lipinski definition) is 3. The van der Waals surface area contributed by atoms with Crippen LogP contribution in [-0.2, 0) is 5.60 Å². The van der Waals surface area contributed by atoms with Gasteiger partial charge in [0.2, 0.25) is 0 Å². The van der Waals surface area contributed by atoms with E-state index in [-0.39, 0.29) is 21.2 Å². The minimum Gasteiger partial charge on any atom is -0.383 e. The molecule has 3 aromatic rings. The summed E-state index contributed by atoms with van der Waals surface area (Å²) in [6.07, 6.45) is 0. The van der Waals surface area contributed by atoms with Crippen LogP contribution < -0.4 is 0 Å². The molecule has 26 heavy (non-hydrogen) atoms. The lowest BCUT2D eigenvalue weighted by molar-refractivity contribution is 0.0641. The standard InChI is InChI=1S/C17H18ClFN4OS2/c1-7(2)23-10-6-8(12-11(18)14(25)22-16(26)21-12)5-9(19)13(10)20-15(23)17(3,4)24/h5-7,24H,1-4H3,(H2,21,22,25,26). The minimum absolute atomic E-state index is 0.0383. The summed E-state index contributed by atoms with van der Waals surface area (Å²) in [5.41, 5.74) is 0.456. The smallest absolute Gasteiger partial charge is 0.175 e. The SMILES string of the molecule is CC(C)n1c(C(C)(C)O)nc2c(F)cc(-c3[nH]c(=S)[nH]c(=S)c3Cl)cc21. The van der Waals surface area contributed by atoms with Crippen LogP contribution in [0.5, 0.6) is 0 Å². The summed E-state index contributed by atoms with van der Waals surface area (Å²) in [4.78, 5) is 10.0. The Hall–Kier alpha value is -1.61. The highest BCUT2D eigenvalue weighted by molar-refractivity contribution is 7.72. The molecule has 2 heterocycles. The maximum absolute atomic E-state index is 14.8. The molecule has 0 spiro atoms. The number of imidazole rings is 1. The van der Waals surface area contributed by atoms with Gasteiger partial charge in [0, 0.05) is 11.6 Å². The summed E-state index contributed by atoms with van der Waals surface area (Å²) < 4.78 is 17.2. The maximum Gasteiger partial charge on any atom is 0.175 e. The van der Waals surface area contributed by atoms with Gasteiger partial charge in [0.05, 0.1) is 16.2 Å². The second-order valence-electron chi connectivity index (χ2n) is 6.88. The molecule has 0 bridgehead atoms. The first kappa shape index (κ1) is 19.2. The van der Waals surface area contributed by atoms with Crippen LogP contribution in [0.25, 0.3) is 22.3 Å². The third-order valence-corrected chi connectivity index (χ3v) is 4.99. The minimum atomic E-state index is -1.22. The maximum atomic E-state index is 14.8. The average Bonchev–Trinajstić information content (AvgIpc) is 2.91. The van der Waals surface area contributed by atoms with Crippen molar-refractivity contribution in [1.82, 2.24) is 19.5 Å². The highest BCUT2D eigenvalue weighted by Crippen LogP contribution is 2.34. The molecule has 9 heteroatoms. The van der Waals surface area contributed by atoms with Crippen LogP contribution in [-0.4, -0.2) is 24.6 Å². The summed E-state index contributed by atoms with van der Waals surface area (Å²) in [5, 5.41) is 10.7. The fraction of sp³-hybridized carbons (Fsp3) is 0.353. The Kier molecular flexibility index (Phi) is 4.81. The number of nitrogens with one attached hydrogen (secondary N) is 2. The van der Waals surface area contributed by atoms with Gasteiger partial charge in [-0.2, -0.15) is 0 Å². The first-order chi connectivity index (χ1) is 12.0. The molecule has 3 rings (SSSR count). The molecule has 0 saturated carbocycles. The van der Waals surface area contributed by atoms with E-state index in [2.05, 4.69) is 15.0 Å². The lowest BCUT2D eigenvalue weighted by atomic mass is 10.1. The van der Waals surface area contributed by atoms with Gasteiger partial charge in [-0.05, 0) is 52.0 Å². The van der Waals surface area contributed by atoms with Crippen molar-refractivity contribution in [3.05, 3.63) is 38.2 Å². The van der Waals surface area contributed by atoms with Gasteiger partial charge in [-0.15, -0.1) is 0 Å². The molecular formula is C17H18ClFN4OS2. The number of fused-ring (bicyclic) bond motifs is 1. The van der Waals surface area contributed by atoms with Gasteiger partial charge in [0.25, 0.3) is 0 Å². The predicted molar refractivity (Wildman–Crippen MR) is 106 cm³/mol. The van der Waals surface area contributed by atoms with Gasteiger partial charge in [0.15, 0.2) is 10.6 Å². The van der Waals surface area contributed by atoms with Crippen LogP contribution in [0.15, 0.2) is 12.1 Å². The van der Waals surface area contributed by atoms with Crippen molar-refractivity contribution < 1.29 is 9.50 Å². The van der Waals surface area contributed by atoms with E-state index in [1.165, 1.54) is 6.07 Å². The van der Waals surface area contributed by atoms with E-state index in [4.69, 9.17) is 36.0 Å². The van der Waals surface area contributed by atoms with Crippen molar-refractivity contribution >= 4 is 47.1 Å². The van der Waals surface area contributed by atoms with E-state index in [1.54, 1.807) is 19.9 Å². The molecule has 0 unspecified atom stereocenters. The molecule has 0 aliphatic rings. The molecule has 0 amide bonds. The Labute approximate surface area is 164 Å². The highest BCUT2D eigenvalue weighted by atomic mass is 35.5. The molecule has 3 N–H and O–H groups in total. The molecule has 138 valence electrons. The van der Waals surface area contributed by atoms with Crippen molar-refractivity contribution in [1.29, 1.82) is 0 Å². The van der Waals surface area contributed by atoms with Crippen LogP contribution >= 0.6 is 36.0 Å². The van der Waals surface area contributed by atoms with Crippen LogP contribution in [0, 0.1) is 15.2 Å². The summed E-state index contributed by atoms with van der Waals surface area (Å²) in [5.74, 6) is -0.125. The van der Waals surface area contributed by atoms with Crippen LogP contribution in [0.1, 0.15) is 39.6 Å². The first-order valence-electron chi connectivity index (χ1n) is 7.97. The fourth-order valence-electron chi connectivity index (χ4n) is 2.92. The van der Waals surface area contributed by atoms with Gasteiger partial charge in [-0.3, -0.25) is 0 Å². The van der Waals surface area contributed by atoms with Gasteiger partial charge >= 0.3 is 0 Å². The number of aromatic amines is 2. The van der Waals surface area contributed by atoms with Crippen LogP contribution in [0.3, 0.4) is 0 Å². The van der Waals surface area contributed by atoms with E-state index >= 15 is 0 Å². The predicted octanol–water partition coefficient (Wildman–Crippen LogP) is 5.42. The Morgan fingerprint density at radius 3 is 2.50 bits per heavy atom. The molecule has 0 saturated heterocycles. The Morgan fingerprint density at radius 2 is 1.92 bits per heavy atom. The van der Waals surface area contributed by atoms with Crippen molar-refractivity contribution in [3.8, 4) is 11.3 Å². The molecule has 0 atom stereocenters. The topological polar surface area (TPSA) is 69.6 Å². The third-order valence-electron chi connectivity index (χ3n) is 3.99.